The highest BCUT2D eigenvalue weighted by atomic mass is 35.5. The number of rotatable bonds is 5. The molecule has 0 aliphatic rings. The lowest BCUT2D eigenvalue weighted by molar-refractivity contribution is -0.137. The van der Waals surface area contributed by atoms with Crippen LogP contribution in [0.3, 0.4) is 0 Å². The zero-order chi connectivity index (χ0) is 23.2. The number of pyridine rings is 1. The van der Waals surface area contributed by atoms with Gasteiger partial charge in [0.15, 0.2) is 17.2 Å². The van der Waals surface area contributed by atoms with Gasteiger partial charge in [-0.15, -0.1) is 10.2 Å². The van der Waals surface area contributed by atoms with Crippen molar-refractivity contribution in [2.75, 3.05) is 6.61 Å². The fraction of sp³-hybridized carbons (Fsp3) is 0.211. The lowest BCUT2D eigenvalue weighted by Crippen LogP contribution is -2.13. The lowest BCUT2D eigenvalue weighted by atomic mass is 10.2. The maximum Gasteiger partial charge on any atom is 0.417 e. The Hall–Kier alpha value is -2.89. The summed E-state index contributed by atoms with van der Waals surface area (Å²) in [7, 11) is 0. The number of fused-ring (bicyclic) bond motifs is 1. The van der Waals surface area contributed by atoms with E-state index in [1.165, 1.54) is 19.2 Å². The first kappa shape index (κ1) is 22.3. The maximum atomic E-state index is 14.3. The molecule has 0 saturated heterocycles. The monoisotopic (exact) mass is 490 g/mol. The smallest absolute Gasteiger partial charge is 0.417 e. The summed E-state index contributed by atoms with van der Waals surface area (Å²) in [6.45, 7) is 1.34. The molecule has 0 radical (unpaired) electrons. The minimum absolute atomic E-state index is 0.0371. The summed E-state index contributed by atoms with van der Waals surface area (Å²) in [5.41, 5.74) is -0.782. The molecule has 4 aromatic rings. The number of aliphatic hydroxyl groups excluding tert-OH is 1. The van der Waals surface area contributed by atoms with Crippen LogP contribution in [0.2, 0.25) is 10.0 Å². The van der Waals surface area contributed by atoms with Crippen LogP contribution >= 0.6 is 23.2 Å². The van der Waals surface area contributed by atoms with Crippen molar-refractivity contribution < 1.29 is 31.8 Å². The van der Waals surface area contributed by atoms with E-state index in [1.54, 1.807) is 0 Å². The molecule has 168 valence electrons. The van der Waals surface area contributed by atoms with Crippen molar-refractivity contribution in [3.63, 3.8) is 0 Å². The second kappa shape index (κ2) is 8.23. The second-order valence-electron chi connectivity index (χ2n) is 6.77. The van der Waals surface area contributed by atoms with Gasteiger partial charge in [0, 0.05) is 18.5 Å². The van der Waals surface area contributed by atoms with Gasteiger partial charge >= 0.3 is 6.18 Å². The van der Waals surface area contributed by atoms with Gasteiger partial charge in [0.05, 0.1) is 27.3 Å². The van der Waals surface area contributed by atoms with E-state index in [9.17, 15) is 22.7 Å². The van der Waals surface area contributed by atoms with Crippen molar-refractivity contribution in [3.8, 4) is 28.8 Å². The summed E-state index contributed by atoms with van der Waals surface area (Å²) in [6.07, 6.45) is -3.33. The molecule has 32 heavy (non-hydrogen) atoms. The first-order valence-corrected chi connectivity index (χ1v) is 9.68. The predicted molar refractivity (Wildman–Crippen MR) is 106 cm³/mol. The number of benzene rings is 1. The average molecular weight is 491 g/mol. The van der Waals surface area contributed by atoms with E-state index in [0.29, 0.717) is 0 Å². The molecule has 3 heterocycles. The number of aliphatic hydroxyl groups is 1. The number of aromatic nitrogens is 4. The van der Waals surface area contributed by atoms with Crippen LogP contribution < -0.4 is 4.74 Å². The average Bonchev–Trinajstić information content (AvgIpc) is 3.34. The van der Waals surface area contributed by atoms with Gasteiger partial charge in [-0.2, -0.15) is 13.2 Å². The second-order valence-corrected chi connectivity index (χ2v) is 7.58. The Kier molecular flexibility index (Phi) is 5.74. The van der Waals surface area contributed by atoms with E-state index < -0.39 is 23.7 Å². The number of alkyl halides is 3. The summed E-state index contributed by atoms with van der Waals surface area (Å²) in [5, 5.41) is 16.7. The molecule has 0 spiro atoms. The molecule has 1 unspecified atom stereocenters. The Labute approximate surface area is 187 Å². The van der Waals surface area contributed by atoms with Gasteiger partial charge < -0.3 is 18.7 Å². The molecule has 1 atom stereocenters. The molecule has 1 aromatic carbocycles. The van der Waals surface area contributed by atoms with Crippen LogP contribution in [0.1, 0.15) is 12.5 Å². The number of nitrogens with zero attached hydrogens (tertiary/aromatic N) is 4. The van der Waals surface area contributed by atoms with Crippen molar-refractivity contribution in [2.24, 2.45) is 0 Å². The Bertz CT molecular complexity index is 1300. The molecule has 13 heteroatoms. The summed E-state index contributed by atoms with van der Waals surface area (Å²) < 4.78 is 65.1. The van der Waals surface area contributed by atoms with Crippen LogP contribution in [0.5, 0.6) is 5.75 Å². The third-order valence-electron chi connectivity index (χ3n) is 4.21. The molecule has 0 aliphatic heterocycles. The molecular formula is C19H12Cl2F4N4O3. The maximum absolute atomic E-state index is 14.3. The van der Waals surface area contributed by atoms with Gasteiger partial charge in [-0.3, -0.25) is 0 Å². The minimum Gasteiger partial charge on any atom is -0.488 e. The zero-order valence-electron chi connectivity index (χ0n) is 16.0. The van der Waals surface area contributed by atoms with E-state index in [4.69, 9.17) is 32.4 Å². The highest BCUT2D eigenvalue weighted by Crippen LogP contribution is 2.35. The molecule has 0 bridgehead atoms. The standard InChI is InChI=1S/C19H12Cl2F4N4O3/c1-8(30)7-31-15-4-11(20)10(3-13(15)22)17-27-28-18(32-17)14-6-29-5-9(19(23,24)25)2-12(21)16(29)26-14/h2-6,8,30H,7H2,1H3. The number of imidazole rings is 1. The lowest BCUT2D eigenvalue weighted by Gasteiger charge is -2.10. The summed E-state index contributed by atoms with van der Waals surface area (Å²) in [4.78, 5) is 4.12. The molecular weight excluding hydrogens is 479 g/mol. The predicted octanol–water partition coefficient (Wildman–Crippen LogP) is 5.28. The Balaban J connectivity index is 1.68. The first-order chi connectivity index (χ1) is 15.0. The van der Waals surface area contributed by atoms with Crippen molar-refractivity contribution >= 4 is 28.8 Å². The fourth-order valence-electron chi connectivity index (χ4n) is 2.76. The van der Waals surface area contributed by atoms with Crippen molar-refractivity contribution in [2.45, 2.75) is 19.2 Å². The SMILES string of the molecule is CC(O)COc1cc(Cl)c(-c2nnc(-c3cn4cc(C(F)(F)F)cc(Cl)c4n3)o2)cc1F. The molecule has 7 nitrogen and oxygen atoms in total. The Morgan fingerprint density at radius 1 is 1.12 bits per heavy atom. The van der Waals surface area contributed by atoms with Gasteiger partial charge in [-0.05, 0) is 19.1 Å². The number of ether oxygens (including phenoxy) is 1. The normalized spacial score (nSPS) is 13.0. The van der Waals surface area contributed by atoms with Crippen LogP contribution in [0.15, 0.2) is 35.0 Å². The molecule has 0 amide bonds. The van der Waals surface area contributed by atoms with E-state index in [2.05, 4.69) is 15.2 Å². The van der Waals surface area contributed by atoms with Gasteiger partial charge in [-0.1, -0.05) is 23.2 Å². The molecule has 0 aliphatic carbocycles. The molecule has 4 rings (SSSR count). The van der Waals surface area contributed by atoms with Crippen LogP contribution in [0.25, 0.3) is 28.7 Å². The summed E-state index contributed by atoms with van der Waals surface area (Å²) in [5.74, 6) is -1.23. The topological polar surface area (TPSA) is 85.7 Å². The molecule has 1 N–H and O–H groups in total. The van der Waals surface area contributed by atoms with Crippen LogP contribution in [-0.2, 0) is 6.18 Å². The largest absolute Gasteiger partial charge is 0.488 e. The van der Waals surface area contributed by atoms with E-state index >= 15 is 0 Å². The first-order valence-electron chi connectivity index (χ1n) is 8.92. The van der Waals surface area contributed by atoms with Crippen molar-refractivity contribution in [1.29, 1.82) is 0 Å². The van der Waals surface area contributed by atoms with Gasteiger partial charge in [0.25, 0.3) is 5.89 Å². The van der Waals surface area contributed by atoms with Gasteiger partial charge in [0.1, 0.15) is 12.3 Å². The van der Waals surface area contributed by atoms with Crippen molar-refractivity contribution in [1.82, 2.24) is 19.6 Å². The summed E-state index contributed by atoms with van der Waals surface area (Å²) in [6, 6.07) is 2.98. The van der Waals surface area contributed by atoms with Gasteiger partial charge in [0.2, 0.25) is 5.89 Å². The molecule has 0 saturated carbocycles. The molecule has 0 fully saturated rings. The molecule has 3 aromatic heterocycles. The zero-order valence-corrected chi connectivity index (χ0v) is 17.5. The fourth-order valence-corrected chi connectivity index (χ4v) is 3.26. The third kappa shape index (κ3) is 4.36. The number of hydrogen-bond donors (Lipinski definition) is 1. The van der Waals surface area contributed by atoms with E-state index in [-0.39, 0.29) is 51.1 Å². The summed E-state index contributed by atoms with van der Waals surface area (Å²) >= 11 is 12.1. The van der Waals surface area contributed by atoms with E-state index in [0.717, 1.165) is 22.7 Å². The van der Waals surface area contributed by atoms with Gasteiger partial charge in [-0.25, -0.2) is 9.37 Å². The third-order valence-corrected chi connectivity index (χ3v) is 4.80. The Morgan fingerprint density at radius 3 is 2.53 bits per heavy atom. The van der Waals surface area contributed by atoms with Crippen LogP contribution in [-0.4, -0.2) is 37.4 Å². The van der Waals surface area contributed by atoms with Crippen LogP contribution in [0.4, 0.5) is 17.6 Å². The highest BCUT2D eigenvalue weighted by molar-refractivity contribution is 6.33. The highest BCUT2D eigenvalue weighted by Gasteiger charge is 2.32. The van der Waals surface area contributed by atoms with E-state index in [1.807, 2.05) is 0 Å². The number of hydrogen-bond acceptors (Lipinski definition) is 6. The quantitative estimate of drug-likeness (QED) is 0.383. The van der Waals surface area contributed by atoms with Crippen molar-refractivity contribution in [3.05, 3.63) is 52.0 Å². The minimum atomic E-state index is -4.59. The Morgan fingerprint density at radius 2 is 1.84 bits per heavy atom. The van der Waals surface area contributed by atoms with Crippen LogP contribution in [0, 0.1) is 5.82 Å². The number of halogens is 6.